The third-order valence-electron chi connectivity index (χ3n) is 0. The normalized spacial score (nSPS) is 4.36. The molecule has 0 heterocycles. The number of hydrogen-bond acceptors (Lipinski definition) is 6. The van der Waals surface area contributed by atoms with E-state index in [1.165, 1.54) is 0 Å². The van der Waals surface area contributed by atoms with Gasteiger partial charge in [-0.25, -0.2) is 0 Å². The Balaban J connectivity index is -0.0000000171. The lowest BCUT2D eigenvalue weighted by Gasteiger charge is -1.74. The van der Waals surface area contributed by atoms with Crippen LogP contribution >= 0.6 is 0 Å². The molecule has 0 bridgehead atoms. The molecular formula is H6N2O9-2. The van der Waals surface area contributed by atoms with Gasteiger partial charge in [-0.2, -0.15) is 0 Å². The molecule has 6 N–H and O–H groups in total. The van der Waals surface area contributed by atoms with Crippen molar-refractivity contribution in [2.45, 2.75) is 0 Å². The molecule has 0 saturated heterocycles. The first kappa shape index (κ1) is 34.7. The second-order valence-electron chi connectivity index (χ2n) is 0.447. The lowest BCUT2D eigenvalue weighted by atomic mass is 13.1. The Hall–Kier alpha value is -1.72. The molecule has 72 valence electrons. The summed E-state index contributed by atoms with van der Waals surface area (Å²) >= 11 is 0. The molecule has 0 rings (SSSR count). The van der Waals surface area contributed by atoms with Crippen molar-refractivity contribution in [3.63, 3.8) is 0 Å². The van der Waals surface area contributed by atoms with Gasteiger partial charge in [0.15, 0.2) is 0 Å². The van der Waals surface area contributed by atoms with Gasteiger partial charge < -0.3 is 47.1 Å². The Bertz CT molecular complexity index is 65.6. The smallest absolute Gasteiger partial charge is 0.0689 e. The van der Waals surface area contributed by atoms with E-state index in [-0.39, 0.29) is 16.4 Å². The maximum Gasteiger partial charge on any atom is 0.0689 e. The van der Waals surface area contributed by atoms with Gasteiger partial charge in [0.2, 0.25) is 0 Å². The molecule has 11 nitrogen and oxygen atoms in total. The Morgan fingerprint density at radius 1 is 0.636 bits per heavy atom. The first-order chi connectivity index (χ1) is 3.46. The quantitative estimate of drug-likeness (QED) is 0.277. The molecule has 0 radical (unpaired) electrons. The van der Waals surface area contributed by atoms with E-state index in [4.69, 9.17) is 30.6 Å². The van der Waals surface area contributed by atoms with E-state index in [1.54, 1.807) is 0 Å². The summed E-state index contributed by atoms with van der Waals surface area (Å²) in [5.41, 5.74) is 0. The van der Waals surface area contributed by atoms with E-state index < -0.39 is 10.2 Å². The van der Waals surface area contributed by atoms with Crippen molar-refractivity contribution >= 4 is 0 Å². The van der Waals surface area contributed by atoms with Crippen LogP contribution in [0.3, 0.4) is 0 Å². The fourth-order valence-corrected chi connectivity index (χ4v) is 0. The fourth-order valence-electron chi connectivity index (χ4n) is 0. The van der Waals surface area contributed by atoms with Gasteiger partial charge in [-0.15, -0.1) is 0 Å². The maximum atomic E-state index is 8.25. The molecule has 0 atom stereocenters. The minimum atomic E-state index is -1.75. The first-order valence-electron chi connectivity index (χ1n) is 1.10. The van der Waals surface area contributed by atoms with Gasteiger partial charge >= 0.3 is 0 Å². The summed E-state index contributed by atoms with van der Waals surface area (Å²) in [6.07, 6.45) is 0. The zero-order valence-electron chi connectivity index (χ0n) is 4.84. The zero-order chi connectivity index (χ0) is 7.15. The van der Waals surface area contributed by atoms with Crippen molar-refractivity contribution in [3.8, 4) is 0 Å². The van der Waals surface area contributed by atoms with E-state index in [0.29, 0.717) is 0 Å². The van der Waals surface area contributed by atoms with E-state index in [0.717, 1.165) is 0 Å². The molecule has 11 heavy (non-hydrogen) atoms. The zero-order valence-corrected chi connectivity index (χ0v) is 4.84. The second kappa shape index (κ2) is 24.0. The molecular weight excluding hydrogens is 172 g/mol. The van der Waals surface area contributed by atoms with Crippen LogP contribution in [-0.4, -0.2) is 26.6 Å². The largest absolute Gasteiger partial charge is 0.412 e. The Morgan fingerprint density at radius 3 is 0.636 bits per heavy atom. The fraction of sp³-hybridized carbons (Fsp3) is 0. The van der Waals surface area contributed by atoms with E-state index in [1.807, 2.05) is 0 Å². The van der Waals surface area contributed by atoms with Gasteiger partial charge in [0, 0.05) is 0 Å². The third kappa shape index (κ3) is 110. The van der Waals surface area contributed by atoms with Crippen LogP contribution in [0.4, 0.5) is 0 Å². The molecule has 0 aliphatic rings. The molecule has 0 saturated carbocycles. The van der Waals surface area contributed by atoms with Gasteiger partial charge in [-0.1, -0.05) is 0 Å². The second-order valence-corrected chi connectivity index (χ2v) is 0.447. The molecule has 0 aliphatic heterocycles. The summed E-state index contributed by atoms with van der Waals surface area (Å²) < 4.78 is 0. The lowest BCUT2D eigenvalue weighted by Crippen LogP contribution is -1.74. The monoisotopic (exact) mass is 178 g/mol. The van der Waals surface area contributed by atoms with Crippen molar-refractivity contribution < 1.29 is 26.6 Å². The van der Waals surface area contributed by atoms with E-state index in [9.17, 15) is 0 Å². The van der Waals surface area contributed by atoms with Crippen LogP contribution in [0.25, 0.3) is 0 Å². The van der Waals surface area contributed by atoms with Crippen LogP contribution < -0.4 is 0 Å². The highest BCUT2D eigenvalue weighted by Crippen LogP contribution is 1.44. The van der Waals surface area contributed by atoms with Crippen LogP contribution in [0.1, 0.15) is 0 Å². The van der Waals surface area contributed by atoms with Crippen molar-refractivity contribution in [2.75, 3.05) is 0 Å². The molecule has 0 fully saturated rings. The maximum absolute atomic E-state index is 8.25. The van der Waals surface area contributed by atoms with Gasteiger partial charge in [-0.05, 0) is 0 Å². The average Bonchev–Trinajstić information content (AvgIpc) is 1.25. The highest BCUT2D eigenvalue weighted by molar-refractivity contribution is 4.04. The van der Waals surface area contributed by atoms with E-state index in [2.05, 4.69) is 0 Å². The minimum absolute atomic E-state index is 0. The molecule has 0 unspecified atom stereocenters. The topological polar surface area (TPSA) is 227 Å². The van der Waals surface area contributed by atoms with Gasteiger partial charge in [0.1, 0.15) is 0 Å². The lowest BCUT2D eigenvalue weighted by molar-refractivity contribution is -0.403. The van der Waals surface area contributed by atoms with Crippen LogP contribution in [0, 0.1) is 30.6 Å². The standard InChI is InChI=1S/2NO3.3H2O/c2*2-1(3)4;;;/h;;3*1H2/q2*-1;;;. The number of hydrogen-bond donors (Lipinski definition) is 0. The highest BCUT2D eigenvalue weighted by Gasteiger charge is 1.46. The summed E-state index contributed by atoms with van der Waals surface area (Å²) in [5, 5.41) is 29.5. The number of rotatable bonds is 0. The highest BCUT2D eigenvalue weighted by atomic mass is 16.9. The summed E-state index contributed by atoms with van der Waals surface area (Å²) in [6.45, 7) is 0. The molecule has 0 aliphatic carbocycles. The SMILES string of the molecule is O.O.O.O=[N+]([O-])[O-].O=[N+]([O-])[O-]. The van der Waals surface area contributed by atoms with Gasteiger partial charge in [-0.3, -0.25) is 0 Å². The number of nitrogens with zero attached hydrogens (tertiary/aromatic N) is 2. The molecule has 0 spiro atoms. The predicted octanol–water partition coefficient (Wildman–Crippen LogP) is -2.95. The van der Waals surface area contributed by atoms with E-state index >= 15 is 0 Å². The van der Waals surface area contributed by atoms with Crippen LogP contribution in [0.5, 0.6) is 0 Å². The van der Waals surface area contributed by atoms with Crippen molar-refractivity contribution in [1.82, 2.24) is 0 Å². The Kier molecular flexibility index (Phi) is 75.6. The summed E-state index contributed by atoms with van der Waals surface area (Å²) in [4.78, 5) is 16.5. The van der Waals surface area contributed by atoms with Gasteiger partial charge in [0.25, 0.3) is 0 Å². The summed E-state index contributed by atoms with van der Waals surface area (Å²) in [7, 11) is 0. The van der Waals surface area contributed by atoms with Crippen molar-refractivity contribution in [3.05, 3.63) is 30.6 Å². The molecule has 0 amide bonds. The van der Waals surface area contributed by atoms with Crippen molar-refractivity contribution in [2.24, 2.45) is 0 Å². The summed E-state index contributed by atoms with van der Waals surface area (Å²) in [6, 6.07) is 0. The summed E-state index contributed by atoms with van der Waals surface area (Å²) in [5.74, 6) is 0. The van der Waals surface area contributed by atoms with Crippen LogP contribution in [0.15, 0.2) is 0 Å². The molecule has 0 aromatic heterocycles. The van der Waals surface area contributed by atoms with Crippen LogP contribution in [-0.2, 0) is 0 Å². The predicted molar refractivity (Wildman–Crippen MR) is 31.6 cm³/mol. The molecule has 11 heteroatoms. The molecule has 0 aromatic carbocycles. The Labute approximate surface area is 58.6 Å². The van der Waals surface area contributed by atoms with Crippen LogP contribution in [0.2, 0.25) is 0 Å². The van der Waals surface area contributed by atoms with Crippen molar-refractivity contribution in [1.29, 1.82) is 0 Å². The van der Waals surface area contributed by atoms with Gasteiger partial charge in [0.05, 0.1) is 10.2 Å². The molecule has 0 aromatic rings. The first-order valence-corrected chi connectivity index (χ1v) is 1.10. The Morgan fingerprint density at radius 2 is 0.636 bits per heavy atom. The minimum Gasteiger partial charge on any atom is -0.412 e. The third-order valence-corrected chi connectivity index (χ3v) is 0. The average molecular weight is 178 g/mol.